The van der Waals surface area contributed by atoms with Gasteiger partial charge in [0.15, 0.2) is 5.17 Å². The van der Waals surface area contributed by atoms with Crippen molar-refractivity contribution in [3.8, 4) is 16.9 Å². The summed E-state index contributed by atoms with van der Waals surface area (Å²) in [6, 6.07) is 21.4. The van der Waals surface area contributed by atoms with Crippen LogP contribution in [0.2, 0.25) is 0 Å². The molecule has 0 aliphatic heterocycles. The lowest BCUT2D eigenvalue weighted by Gasteiger charge is -2.17. The van der Waals surface area contributed by atoms with E-state index in [2.05, 4.69) is 25.2 Å². The van der Waals surface area contributed by atoms with E-state index in [-0.39, 0.29) is 5.91 Å². The number of ether oxygens (including phenoxy) is 2. The zero-order chi connectivity index (χ0) is 29.5. The molecule has 0 atom stereocenters. The average molecular weight is 573 g/mol. The van der Waals surface area contributed by atoms with Crippen LogP contribution in [0.5, 0.6) is 5.75 Å². The van der Waals surface area contributed by atoms with Gasteiger partial charge < -0.3 is 19.7 Å². The van der Waals surface area contributed by atoms with Crippen molar-refractivity contribution in [2.75, 3.05) is 31.7 Å². The molecule has 0 spiro atoms. The van der Waals surface area contributed by atoms with Gasteiger partial charge in [0, 0.05) is 29.8 Å². The molecule has 0 bridgehead atoms. The minimum atomic E-state index is -0.221. The van der Waals surface area contributed by atoms with Crippen molar-refractivity contribution in [3.05, 3.63) is 83.9 Å². The van der Waals surface area contributed by atoms with Crippen LogP contribution in [-0.4, -0.2) is 48.7 Å². The number of anilines is 1. The molecule has 216 valence electrons. The summed E-state index contributed by atoms with van der Waals surface area (Å²) >= 11 is 1.28. The second-order valence-electron chi connectivity index (χ2n) is 9.44. The maximum Gasteiger partial charge on any atom is 0.248 e. The molecule has 8 heteroatoms. The third-order valence-electron chi connectivity index (χ3n) is 6.31. The fourth-order valence-corrected chi connectivity index (χ4v) is 4.79. The summed E-state index contributed by atoms with van der Waals surface area (Å²) in [5, 5.41) is 18.8. The summed E-state index contributed by atoms with van der Waals surface area (Å²) in [6.07, 6.45) is 7.60. The van der Waals surface area contributed by atoms with Crippen molar-refractivity contribution < 1.29 is 14.3 Å². The molecule has 3 aromatic rings. The number of hydrogen-bond acceptors (Lipinski definition) is 6. The number of amides is 1. The highest BCUT2D eigenvalue weighted by Gasteiger charge is 2.09. The zero-order valence-corrected chi connectivity index (χ0v) is 24.9. The smallest absolute Gasteiger partial charge is 0.248 e. The van der Waals surface area contributed by atoms with E-state index in [1.165, 1.54) is 24.2 Å². The first kappa shape index (κ1) is 31.6. The Morgan fingerprint density at radius 1 is 0.976 bits per heavy atom. The summed E-state index contributed by atoms with van der Waals surface area (Å²) < 4.78 is 11.3. The van der Waals surface area contributed by atoms with Crippen molar-refractivity contribution in [2.45, 2.75) is 44.9 Å². The summed E-state index contributed by atoms with van der Waals surface area (Å²) in [7, 11) is 0. The van der Waals surface area contributed by atoms with E-state index in [9.17, 15) is 4.79 Å². The van der Waals surface area contributed by atoms with Gasteiger partial charge in [-0.15, -0.1) is 0 Å². The maximum absolute atomic E-state index is 12.6. The van der Waals surface area contributed by atoms with Gasteiger partial charge in [0.1, 0.15) is 12.4 Å². The summed E-state index contributed by atoms with van der Waals surface area (Å²) in [5.41, 5.74) is 4.91. The van der Waals surface area contributed by atoms with Crippen LogP contribution in [0.15, 0.2) is 77.7 Å². The van der Waals surface area contributed by atoms with E-state index >= 15 is 0 Å². The lowest BCUT2D eigenvalue weighted by atomic mass is 9.96. The highest BCUT2D eigenvalue weighted by Crippen LogP contribution is 2.28. The summed E-state index contributed by atoms with van der Waals surface area (Å²) in [5.74, 6) is 0.592. The molecule has 3 aromatic carbocycles. The molecule has 41 heavy (non-hydrogen) atoms. The van der Waals surface area contributed by atoms with Gasteiger partial charge in [-0.2, -0.15) is 0 Å². The van der Waals surface area contributed by atoms with Crippen LogP contribution in [0.4, 0.5) is 5.69 Å². The Labute approximate surface area is 248 Å². The molecule has 3 rings (SSSR count). The normalized spacial score (nSPS) is 10.9. The van der Waals surface area contributed by atoms with E-state index in [1.54, 1.807) is 4.90 Å². The van der Waals surface area contributed by atoms with Gasteiger partial charge in [0.05, 0.1) is 12.9 Å². The van der Waals surface area contributed by atoms with E-state index in [0.29, 0.717) is 30.6 Å². The van der Waals surface area contributed by atoms with Crippen LogP contribution >= 0.6 is 11.8 Å². The first-order valence-corrected chi connectivity index (χ1v) is 14.8. The number of carbonyl (C=O) groups excluding carboxylic acids is 1. The van der Waals surface area contributed by atoms with Crippen molar-refractivity contribution in [3.63, 3.8) is 0 Å². The number of benzene rings is 3. The van der Waals surface area contributed by atoms with Crippen LogP contribution in [0.1, 0.15) is 44.2 Å². The third-order valence-corrected chi connectivity index (χ3v) is 7.25. The van der Waals surface area contributed by atoms with E-state index in [4.69, 9.17) is 20.3 Å². The lowest BCUT2D eigenvalue weighted by molar-refractivity contribution is -0.111. The number of nitrogens with zero attached hydrogens (tertiary/aromatic N) is 1. The van der Waals surface area contributed by atoms with Gasteiger partial charge in [-0.1, -0.05) is 62.4 Å². The van der Waals surface area contributed by atoms with Crippen LogP contribution in [0.3, 0.4) is 0 Å². The van der Waals surface area contributed by atoms with Gasteiger partial charge >= 0.3 is 0 Å². The number of hydrogen-bond donors (Lipinski definition) is 3. The Bertz CT molecular complexity index is 1310. The SMILES string of the molecule is CCCCOCCOc1ccc(-c2cccc(/C=C/C(=O)Nc3ccc(SC(=N)N(C=N)CCC)cc3)c2C)cc1. The molecule has 7 nitrogen and oxygen atoms in total. The molecular formula is C33H40N4O3S. The Balaban J connectivity index is 1.55. The van der Waals surface area contributed by atoms with Gasteiger partial charge in [-0.05, 0) is 84.5 Å². The molecule has 0 aliphatic rings. The fraction of sp³-hybridized carbons (Fsp3) is 0.303. The van der Waals surface area contributed by atoms with Crippen molar-refractivity contribution in [1.82, 2.24) is 4.90 Å². The molecule has 3 N–H and O–H groups in total. The number of thioether (sulfide) groups is 1. The van der Waals surface area contributed by atoms with Crippen LogP contribution in [-0.2, 0) is 9.53 Å². The fourth-order valence-electron chi connectivity index (χ4n) is 4.04. The first-order chi connectivity index (χ1) is 19.9. The minimum Gasteiger partial charge on any atom is -0.491 e. The number of rotatable bonds is 15. The number of unbranched alkanes of at least 4 members (excludes halogenated alkanes) is 1. The number of amidine groups is 1. The second-order valence-corrected chi connectivity index (χ2v) is 10.5. The molecule has 0 fully saturated rings. The second kappa shape index (κ2) is 17.0. The zero-order valence-electron chi connectivity index (χ0n) is 24.1. The van der Waals surface area contributed by atoms with Crippen molar-refractivity contribution in [2.24, 2.45) is 0 Å². The lowest BCUT2D eigenvalue weighted by Crippen LogP contribution is -2.26. The van der Waals surface area contributed by atoms with Crippen molar-refractivity contribution in [1.29, 1.82) is 10.8 Å². The quantitative estimate of drug-likeness (QED) is 0.0566. The van der Waals surface area contributed by atoms with Crippen LogP contribution < -0.4 is 10.1 Å². The van der Waals surface area contributed by atoms with E-state index in [1.807, 2.05) is 73.7 Å². The average Bonchev–Trinajstić information content (AvgIpc) is 2.98. The molecule has 1 amide bonds. The Morgan fingerprint density at radius 2 is 1.73 bits per heavy atom. The largest absolute Gasteiger partial charge is 0.491 e. The standard InChI is InChI=1S/C33H40N4O3S/c1-4-6-21-39-22-23-40-29-15-10-27(11-16-29)31-9-7-8-26(25(31)3)12-19-32(38)36-28-13-17-30(18-14-28)41-33(35)37(24-34)20-5-2/h7-19,24,34-35H,4-6,20-23H2,1-3H3,(H,36,38)/b19-12+,34-24?,35-33?. The Hall–Kier alpha value is -3.88. The van der Waals surface area contributed by atoms with Gasteiger partial charge in [0.25, 0.3) is 0 Å². The minimum absolute atomic E-state index is 0.221. The van der Waals surface area contributed by atoms with Gasteiger partial charge in [0.2, 0.25) is 5.91 Å². The highest BCUT2D eigenvalue weighted by atomic mass is 32.2. The van der Waals surface area contributed by atoms with Crippen LogP contribution in [0, 0.1) is 17.7 Å². The summed E-state index contributed by atoms with van der Waals surface area (Å²) in [4.78, 5) is 15.1. The van der Waals surface area contributed by atoms with Gasteiger partial charge in [-0.3, -0.25) is 15.6 Å². The van der Waals surface area contributed by atoms with Crippen LogP contribution in [0.25, 0.3) is 17.2 Å². The Morgan fingerprint density at radius 3 is 2.41 bits per heavy atom. The summed E-state index contributed by atoms with van der Waals surface area (Å²) in [6.45, 7) is 8.74. The molecule has 0 aliphatic carbocycles. The molecule has 0 saturated heterocycles. The molecule has 0 unspecified atom stereocenters. The van der Waals surface area contributed by atoms with Crippen molar-refractivity contribution >= 4 is 40.9 Å². The van der Waals surface area contributed by atoms with E-state index < -0.39 is 0 Å². The molecule has 0 aromatic heterocycles. The molecule has 0 heterocycles. The number of nitrogens with one attached hydrogen (secondary N) is 3. The highest BCUT2D eigenvalue weighted by molar-refractivity contribution is 8.13. The maximum atomic E-state index is 12.6. The molecule has 0 radical (unpaired) electrons. The van der Waals surface area contributed by atoms with E-state index in [0.717, 1.165) is 58.8 Å². The topological polar surface area (TPSA) is 98.5 Å². The molecular weight excluding hydrogens is 532 g/mol. The molecule has 0 saturated carbocycles. The predicted molar refractivity (Wildman–Crippen MR) is 171 cm³/mol. The van der Waals surface area contributed by atoms with Gasteiger partial charge in [-0.25, -0.2) is 0 Å². The monoisotopic (exact) mass is 572 g/mol. The Kier molecular flexibility index (Phi) is 13.2. The number of carbonyl (C=O) groups is 1. The predicted octanol–water partition coefficient (Wildman–Crippen LogP) is 7.86. The first-order valence-electron chi connectivity index (χ1n) is 14.0. The third kappa shape index (κ3) is 10.2.